The van der Waals surface area contributed by atoms with E-state index in [1.54, 1.807) is 62.2 Å². The highest BCUT2D eigenvalue weighted by Gasteiger charge is 2.12. The minimum atomic E-state index is -0.390. The van der Waals surface area contributed by atoms with E-state index < -0.39 is 5.97 Å². The monoisotopic (exact) mass is 455 g/mol. The molecular weight excluding hydrogens is 434 g/mol. The minimum Gasteiger partial charge on any atom is -0.496 e. The maximum Gasteiger partial charge on any atom is 0.338 e. The molecule has 3 aromatic carbocycles. The van der Waals surface area contributed by atoms with Crippen molar-refractivity contribution < 1.29 is 19.1 Å². The van der Waals surface area contributed by atoms with Crippen molar-refractivity contribution in [1.82, 2.24) is 0 Å². The van der Waals surface area contributed by atoms with Gasteiger partial charge >= 0.3 is 5.97 Å². The van der Waals surface area contributed by atoms with Gasteiger partial charge in [-0.3, -0.25) is 4.79 Å². The molecule has 0 aromatic heterocycles. The van der Waals surface area contributed by atoms with Crippen molar-refractivity contribution in [3.63, 3.8) is 0 Å². The predicted molar refractivity (Wildman–Crippen MR) is 124 cm³/mol. The van der Waals surface area contributed by atoms with Crippen LogP contribution in [0.5, 0.6) is 5.75 Å². The van der Waals surface area contributed by atoms with Gasteiger partial charge in [-0.05, 0) is 73.7 Å². The number of nitrogens with one attached hydrogen (secondary N) is 1. The number of ether oxygens (including phenoxy) is 2. The number of benzene rings is 3. The Kier molecular flexibility index (Phi) is 7.98. The summed E-state index contributed by atoms with van der Waals surface area (Å²) in [5.41, 5.74) is 2.45. The molecule has 0 bridgehead atoms. The number of hydrogen-bond acceptors (Lipinski definition) is 5. The normalized spacial score (nSPS) is 10.4. The number of anilines is 1. The van der Waals surface area contributed by atoms with Crippen molar-refractivity contribution in [3.05, 3.63) is 88.4 Å². The molecule has 3 aromatic rings. The molecule has 160 valence electrons. The first kappa shape index (κ1) is 22.7. The summed E-state index contributed by atoms with van der Waals surface area (Å²) in [4.78, 5) is 25.6. The molecule has 0 spiro atoms. The van der Waals surface area contributed by atoms with Gasteiger partial charge in [0.15, 0.2) is 0 Å². The lowest BCUT2D eigenvalue weighted by Gasteiger charge is -2.12. The average molecular weight is 456 g/mol. The van der Waals surface area contributed by atoms with Crippen molar-refractivity contribution in [1.29, 1.82) is 0 Å². The van der Waals surface area contributed by atoms with Crippen LogP contribution < -0.4 is 10.1 Å². The second-order valence-electron chi connectivity index (χ2n) is 6.52. The highest BCUT2D eigenvalue weighted by Crippen LogP contribution is 2.29. The van der Waals surface area contributed by atoms with E-state index in [0.717, 1.165) is 16.2 Å². The first-order valence-corrected chi connectivity index (χ1v) is 11.0. The van der Waals surface area contributed by atoms with Gasteiger partial charge in [0.2, 0.25) is 0 Å². The Labute approximate surface area is 190 Å². The summed E-state index contributed by atoms with van der Waals surface area (Å²) >= 11 is 7.57. The summed E-state index contributed by atoms with van der Waals surface area (Å²) in [5.74, 6) is 0.722. The van der Waals surface area contributed by atoms with Crippen LogP contribution in [0.2, 0.25) is 5.02 Å². The predicted octanol–water partition coefficient (Wildman–Crippen LogP) is 6.07. The van der Waals surface area contributed by atoms with Crippen molar-refractivity contribution in [2.45, 2.75) is 17.6 Å². The topological polar surface area (TPSA) is 64.6 Å². The van der Waals surface area contributed by atoms with Gasteiger partial charge in [0.05, 0.1) is 19.3 Å². The number of amides is 1. The van der Waals surface area contributed by atoms with Crippen molar-refractivity contribution in [2.24, 2.45) is 0 Å². The van der Waals surface area contributed by atoms with Gasteiger partial charge in [0.25, 0.3) is 5.91 Å². The third-order valence-corrected chi connectivity index (χ3v) is 5.72. The number of hydrogen-bond donors (Lipinski definition) is 1. The van der Waals surface area contributed by atoms with E-state index in [9.17, 15) is 9.59 Å². The number of rotatable bonds is 8. The zero-order chi connectivity index (χ0) is 22.2. The van der Waals surface area contributed by atoms with Crippen LogP contribution in [-0.2, 0) is 10.5 Å². The molecule has 31 heavy (non-hydrogen) atoms. The minimum absolute atomic E-state index is 0.246. The molecule has 0 radical (unpaired) electrons. The quantitative estimate of drug-likeness (QED) is 0.330. The SMILES string of the molecule is CCOC(=O)c1ccc(NC(=O)c2ccc(OC)c(CSc3ccc(Cl)cc3)c2)cc1. The van der Waals surface area contributed by atoms with E-state index >= 15 is 0 Å². The molecular formula is C24H22ClNO4S. The summed E-state index contributed by atoms with van der Waals surface area (Å²) < 4.78 is 10.4. The fourth-order valence-electron chi connectivity index (χ4n) is 2.83. The fraction of sp³-hybridized carbons (Fsp3) is 0.167. The number of methoxy groups -OCH3 is 1. The summed E-state index contributed by atoms with van der Waals surface area (Å²) in [5, 5.41) is 3.54. The van der Waals surface area contributed by atoms with Crippen LogP contribution >= 0.6 is 23.4 Å². The van der Waals surface area contributed by atoms with Crippen LogP contribution in [-0.4, -0.2) is 25.6 Å². The molecule has 0 aliphatic rings. The standard InChI is InChI=1S/C24H22ClNO4S/c1-3-30-24(28)16-4-9-20(10-5-16)26-23(27)17-6-13-22(29-2)18(14-17)15-31-21-11-7-19(25)8-12-21/h4-14H,3,15H2,1-2H3,(H,26,27). The maximum atomic E-state index is 12.7. The number of carbonyl (C=O) groups is 2. The zero-order valence-electron chi connectivity index (χ0n) is 17.2. The molecule has 0 saturated carbocycles. The lowest BCUT2D eigenvalue weighted by molar-refractivity contribution is 0.0526. The van der Waals surface area contributed by atoms with E-state index in [2.05, 4.69) is 5.32 Å². The van der Waals surface area contributed by atoms with Gasteiger partial charge < -0.3 is 14.8 Å². The van der Waals surface area contributed by atoms with Crippen LogP contribution in [0.25, 0.3) is 0 Å². The zero-order valence-corrected chi connectivity index (χ0v) is 18.8. The second-order valence-corrected chi connectivity index (χ2v) is 8.01. The van der Waals surface area contributed by atoms with Crippen molar-refractivity contribution in [2.75, 3.05) is 19.0 Å². The molecule has 0 aliphatic heterocycles. The lowest BCUT2D eigenvalue weighted by Crippen LogP contribution is -2.12. The molecule has 0 unspecified atom stereocenters. The highest BCUT2D eigenvalue weighted by molar-refractivity contribution is 7.98. The fourth-order valence-corrected chi connectivity index (χ4v) is 3.83. The second kappa shape index (κ2) is 10.9. The summed E-state index contributed by atoms with van der Waals surface area (Å²) in [6.07, 6.45) is 0. The van der Waals surface area contributed by atoms with Crippen LogP contribution in [0.15, 0.2) is 71.6 Å². The summed E-state index contributed by atoms with van der Waals surface area (Å²) in [6.45, 7) is 2.07. The maximum absolute atomic E-state index is 12.7. The highest BCUT2D eigenvalue weighted by atomic mass is 35.5. The van der Waals surface area contributed by atoms with Crippen molar-refractivity contribution in [3.8, 4) is 5.75 Å². The van der Waals surface area contributed by atoms with Gasteiger partial charge in [0, 0.05) is 32.5 Å². The molecule has 0 saturated heterocycles. The Hall–Kier alpha value is -2.96. The first-order chi connectivity index (χ1) is 15.0. The van der Waals surface area contributed by atoms with E-state index in [4.69, 9.17) is 21.1 Å². The molecule has 0 atom stereocenters. The van der Waals surface area contributed by atoms with Crippen LogP contribution in [0, 0.1) is 0 Å². The molecule has 5 nitrogen and oxygen atoms in total. The molecule has 7 heteroatoms. The third kappa shape index (κ3) is 6.26. The molecule has 1 N–H and O–H groups in total. The molecule has 3 rings (SSSR count). The van der Waals surface area contributed by atoms with E-state index in [-0.39, 0.29) is 5.91 Å². The van der Waals surface area contributed by atoms with Gasteiger partial charge in [-0.2, -0.15) is 0 Å². The van der Waals surface area contributed by atoms with Crippen molar-refractivity contribution >= 4 is 40.9 Å². The summed E-state index contributed by atoms with van der Waals surface area (Å²) in [6, 6.07) is 19.5. The Morgan fingerprint density at radius 1 is 0.968 bits per heavy atom. The van der Waals surface area contributed by atoms with Crippen LogP contribution in [0.3, 0.4) is 0 Å². The number of carbonyl (C=O) groups excluding carboxylic acids is 2. The van der Waals surface area contributed by atoms with E-state index in [1.807, 2.05) is 30.3 Å². The Balaban J connectivity index is 1.70. The molecule has 0 heterocycles. The number of halogens is 1. The average Bonchev–Trinajstić information content (AvgIpc) is 2.79. The Morgan fingerprint density at radius 3 is 2.29 bits per heavy atom. The molecule has 1 amide bonds. The Morgan fingerprint density at radius 2 is 1.65 bits per heavy atom. The molecule has 0 aliphatic carbocycles. The first-order valence-electron chi connectivity index (χ1n) is 9.64. The van der Waals surface area contributed by atoms with Gasteiger partial charge in [-0.25, -0.2) is 4.79 Å². The van der Waals surface area contributed by atoms with Gasteiger partial charge in [0.1, 0.15) is 5.75 Å². The third-order valence-electron chi connectivity index (χ3n) is 4.40. The van der Waals surface area contributed by atoms with Gasteiger partial charge in [-0.15, -0.1) is 11.8 Å². The Bertz CT molecular complexity index is 1050. The van der Waals surface area contributed by atoms with Crippen LogP contribution in [0.1, 0.15) is 33.2 Å². The van der Waals surface area contributed by atoms with Gasteiger partial charge in [-0.1, -0.05) is 11.6 Å². The largest absolute Gasteiger partial charge is 0.496 e. The molecule has 0 fully saturated rings. The number of thioether (sulfide) groups is 1. The summed E-state index contributed by atoms with van der Waals surface area (Å²) in [7, 11) is 1.61. The van der Waals surface area contributed by atoms with E-state index in [1.165, 1.54) is 0 Å². The van der Waals surface area contributed by atoms with E-state index in [0.29, 0.717) is 34.2 Å². The van der Waals surface area contributed by atoms with Crippen LogP contribution in [0.4, 0.5) is 5.69 Å². The number of esters is 1. The smallest absolute Gasteiger partial charge is 0.338 e. The lowest BCUT2D eigenvalue weighted by atomic mass is 10.1.